The van der Waals surface area contributed by atoms with Crippen LogP contribution in [0.2, 0.25) is 0 Å². The molecule has 32 heavy (non-hydrogen) atoms. The largest absolute Gasteiger partial charge is 0.493 e. The van der Waals surface area contributed by atoms with Crippen molar-refractivity contribution >= 4 is 11.7 Å². The van der Waals surface area contributed by atoms with Crippen molar-refractivity contribution < 1.29 is 20.4 Å². The number of furan rings is 1. The zero-order valence-corrected chi connectivity index (χ0v) is 18.5. The number of carboxylic acid groups (broad SMARTS) is 1. The lowest BCUT2D eigenvalue weighted by Gasteiger charge is -2.38. The maximum atomic E-state index is 10.8. The molecule has 0 atom stereocenters. The van der Waals surface area contributed by atoms with Gasteiger partial charge < -0.3 is 19.2 Å². The van der Waals surface area contributed by atoms with Crippen molar-refractivity contribution in [3.63, 3.8) is 0 Å². The minimum atomic E-state index is -0.843. The number of carboxylic acids is 1. The van der Waals surface area contributed by atoms with Gasteiger partial charge in [-0.05, 0) is 56.3 Å². The summed E-state index contributed by atoms with van der Waals surface area (Å²) in [4.78, 5) is 14.8. The van der Waals surface area contributed by atoms with E-state index in [0.717, 1.165) is 41.4 Å². The van der Waals surface area contributed by atoms with Crippen LogP contribution in [0.5, 0.6) is 5.75 Å². The van der Waals surface area contributed by atoms with E-state index >= 15 is 0 Å². The first kappa shape index (κ1) is 20.6. The second-order valence-electron chi connectivity index (χ2n) is 8.43. The van der Waals surface area contributed by atoms with Gasteiger partial charge in [0, 0.05) is 48.4 Å². The Hall–Kier alpha value is -3.25. The van der Waals surface area contributed by atoms with E-state index in [1.807, 2.05) is 84.3 Å². The van der Waals surface area contributed by atoms with Crippen molar-refractivity contribution in [3.05, 3.63) is 72.5 Å². The van der Waals surface area contributed by atoms with Crippen LogP contribution < -0.4 is 9.64 Å². The molecule has 0 aliphatic carbocycles. The Morgan fingerprint density at radius 3 is 2.59 bits per heavy atom. The fourth-order valence-corrected chi connectivity index (χ4v) is 4.01. The van der Waals surface area contributed by atoms with Gasteiger partial charge in [0.05, 0.1) is 20.8 Å². The summed E-state index contributed by atoms with van der Waals surface area (Å²) < 4.78 is 20.4. The van der Waals surface area contributed by atoms with E-state index in [0.29, 0.717) is 19.1 Å². The average Bonchev–Trinajstić information content (AvgIpc) is 3.28. The SMILES string of the molecule is [2H]C(C)(C)N(Cc1ccccc1OCC1CN(CC(=O)O)C1)c1ccc(-c2ccco2)cc1. The third kappa shape index (κ3) is 5.32. The van der Waals surface area contributed by atoms with Crippen LogP contribution in [-0.2, 0) is 11.3 Å². The van der Waals surface area contributed by atoms with E-state index in [9.17, 15) is 4.79 Å². The Bertz CT molecular complexity index is 1050. The summed E-state index contributed by atoms with van der Waals surface area (Å²) in [6.07, 6.45) is 1.66. The van der Waals surface area contributed by atoms with Gasteiger partial charge in [-0.25, -0.2) is 0 Å². The first-order valence-electron chi connectivity index (χ1n) is 11.4. The number of aliphatic carboxylic acids is 1. The van der Waals surface area contributed by atoms with E-state index in [-0.39, 0.29) is 6.54 Å². The molecule has 1 fully saturated rings. The number of hydrogen-bond acceptors (Lipinski definition) is 5. The topological polar surface area (TPSA) is 66.2 Å². The number of nitrogens with zero attached hydrogens (tertiary/aromatic N) is 2. The average molecular weight is 436 g/mol. The maximum Gasteiger partial charge on any atom is 0.317 e. The number of ether oxygens (including phenoxy) is 1. The third-order valence-electron chi connectivity index (χ3n) is 5.69. The molecule has 1 aliphatic heterocycles. The Morgan fingerprint density at radius 2 is 1.94 bits per heavy atom. The molecule has 6 nitrogen and oxygen atoms in total. The van der Waals surface area contributed by atoms with Crippen LogP contribution in [0.25, 0.3) is 11.3 Å². The van der Waals surface area contributed by atoms with Crippen molar-refractivity contribution in [1.29, 1.82) is 0 Å². The molecule has 0 radical (unpaired) electrons. The van der Waals surface area contributed by atoms with Gasteiger partial charge in [-0.3, -0.25) is 9.69 Å². The summed E-state index contributed by atoms with van der Waals surface area (Å²) in [5.74, 6) is 1.15. The summed E-state index contributed by atoms with van der Waals surface area (Å²) in [7, 11) is 0. The minimum Gasteiger partial charge on any atom is -0.493 e. The van der Waals surface area contributed by atoms with E-state index in [1.165, 1.54) is 0 Å². The van der Waals surface area contributed by atoms with Crippen LogP contribution in [0, 0.1) is 5.92 Å². The Morgan fingerprint density at radius 1 is 1.19 bits per heavy atom. The summed E-state index contributed by atoms with van der Waals surface area (Å²) in [6, 6.07) is 18.9. The molecule has 2 heterocycles. The molecule has 0 saturated carbocycles. The van der Waals surface area contributed by atoms with Gasteiger partial charge in [-0.2, -0.15) is 0 Å². The molecule has 0 bridgehead atoms. The number of rotatable bonds is 10. The van der Waals surface area contributed by atoms with Crippen molar-refractivity contribution in [2.24, 2.45) is 5.92 Å². The highest BCUT2D eigenvalue weighted by atomic mass is 16.5. The second kappa shape index (κ2) is 9.92. The van der Waals surface area contributed by atoms with Crippen LogP contribution in [0.1, 0.15) is 20.8 Å². The summed E-state index contributed by atoms with van der Waals surface area (Å²) in [5.41, 5.74) is 2.95. The number of carbonyl (C=O) groups is 1. The highest BCUT2D eigenvalue weighted by Crippen LogP contribution is 2.28. The maximum absolute atomic E-state index is 10.8. The van der Waals surface area contributed by atoms with Crippen LogP contribution in [0.15, 0.2) is 71.3 Å². The summed E-state index contributed by atoms with van der Waals surface area (Å²) in [6.45, 7) is 6.40. The van der Waals surface area contributed by atoms with E-state index in [1.54, 1.807) is 6.26 Å². The fraction of sp³-hybridized carbons (Fsp3) is 0.346. The highest BCUT2D eigenvalue weighted by molar-refractivity contribution is 5.69. The molecule has 1 aromatic heterocycles. The lowest BCUT2D eigenvalue weighted by atomic mass is 10.0. The van der Waals surface area contributed by atoms with Crippen molar-refractivity contribution in [1.82, 2.24) is 4.90 Å². The molecule has 168 valence electrons. The molecule has 1 aliphatic rings. The molecule has 0 unspecified atom stereocenters. The number of likely N-dealkylation sites (tertiary alicyclic amines) is 1. The van der Waals surface area contributed by atoms with Gasteiger partial charge in [-0.1, -0.05) is 18.2 Å². The number of hydrogen-bond donors (Lipinski definition) is 1. The van der Waals surface area contributed by atoms with Gasteiger partial charge in [0.1, 0.15) is 11.5 Å². The van der Waals surface area contributed by atoms with Gasteiger partial charge in [-0.15, -0.1) is 0 Å². The lowest BCUT2D eigenvalue weighted by Crippen LogP contribution is -2.50. The van der Waals surface area contributed by atoms with E-state index < -0.39 is 12.0 Å². The molecular weight excluding hydrogens is 404 g/mol. The predicted molar refractivity (Wildman–Crippen MR) is 125 cm³/mol. The molecule has 0 spiro atoms. The molecule has 0 amide bonds. The van der Waals surface area contributed by atoms with Gasteiger partial charge in [0.2, 0.25) is 0 Å². The molecule has 1 N–H and O–H groups in total. The van der Waals surface area contributed by atoms with Crippen LogP contribution in [0.4, 0.5) is 5.69 Å². The number of benzene rings is 2. The minimum absolute atomic E-state index is 0.0827. The third-order valence-corrected chi connectivity index (χ3v) is 5.69. The van der Waals surface area contributed by atoms with Crippen molar-refractivity contribution in [2.75, 3.05) is 31.1 Å². The number of anilines is 1. The van der Waals surface area contributed by atoms with Crippen molar-refractivity contribution in [3.8, 4) is 17.1 Å². The zero-order valence-electron chi connectivity index (χ0n) is 19.5. The second-order valence-corrected chi connectivity index (χ2v) is 8.43. The first-order valence-corrected chi connectivity index (χ1v) is 10.9. The molecule has 4 rings (SSSR count). The fourth-order valence-electron chi connectivity index (χ4n) is 4.01. The quantitative estimate of drug-likeness (QED) is 0.495. The van der Waals surface area contributed by atoms with Crippen LogP contribution in [-0.4, -0.2) is 48.2 Å². The first-order chi connectivity index (χ1) is 15.8. The highest BCUT2D eigenvalue weighted by Gasteiger charge is 2.28. The normalized spacial score (nSPS) is 15.1. The lowest BCUT2D eigenvalue weighted by molar-refractivity contribution is -0.140. The van der Waals surface area contributed by atoms with E-state index in [4.69, 9.17) is 15.6 Å². The van der Waals surface area contributed by atoms with Crippen LogP contribution >= 0.6 is 0 Å². The Kier molecular flexibility index (Phi) is 6.40. The van der Waals surface area contributed by atoms with E-state index in [2.05, 4.69) is 0 Å². The van der Waals surface area contributed by atoms with Gasteiger partial charge in [0.15, 0.2) is 0 Å². The molecule has 6 heteroatoms. The standard InChI is InChI=1S/C26H30N2O4/c1-19(2)28(23-11-9-21(10-12-23)24-8-5-13-31-24)16-22-6-3-4-7-25(22)32-18-20-14-27(15-20)17-26(29)30/h3-13,19-20H,14-18H2,1-2H3,(H,29,30)/i19D. The Balaban J connectivity index is 1.45. The van der Waals surface area contributed by atoms with Gasteiger partial charge in [0.25, 0.3) is 0 Å². The summed E-state index contributed by atoms with van der Waals surface area (Å²) >= 11 is 0. The van der Waals surface area contributed by atoms with Crippen molar-refractivity contribution in [2.45, 2.75) is 26.4 Å². The Labute approximate surface area is 190 Å². The number of para-hydroxylation sites is 1. The monoisotopic (exact) mass is 435 g/mol. The molecule has 1 saturated heterocycles. The summed E-state index contributed by atoms with van der Waals surface area (Å²) in [5, 5.41) is 8.89. The molecule has 3 aromatic rings. The predicted octanol–water partition coefficient (Wildman–Crippen LogP) is 4.76. The molecular formula is C26H30N2O4. The smallest absolute Gasteiger partial charge is 0.317 e. The molecule has 2 aromatic carbocycles. The van der Waals surface area contributed by atoms with Crippen LogP contribution in [0.3, 0.4) is 0 Å². The van der Waals surface area contributed by atoms with Gasteiger partial charge >= 0.3 is 5.97 Å². The zero-order chi connectivity index (χ0) is 23.4.